The summed E-state index contributed by atoms with van der Waals surface area (Å²) in [6.07, 6.45) is -4.43. The first-order chi connectivity index (χ1) is 6.86. The summed E-state index contributed by atoms with van der Waals surface area (Å²) in [4.78, 5) is 0. The van der Waals surface area contributed by atoms with Gasteiger partial charge in [-0.25, -0.2) is 0 Å². The molecule has 0 aliphatic carbocycles. The first-order valence-electron chi connectivity index (χ1n) is 3.61. The van der Waals surface area contributed by atoms with Gasteiger partial charge in [-0.3, -0.25) is 0 Å². The minimum Gasteiger partial charge on any atom is -0.410 e. The Labute approximate surface area is 96.5 Å². The lowest BCUT2D eigenvalue weighted by Gasteiger charge is -2.09. The average molecular weight is 302 g/mol. The van der Waals surface area contributed by atoms with Gasteiger partial charge in [0, 0.05) is 10.0 Å². The van der Waals surface area contributed by atoms with Crippen LogP contribution in [-0.2, 0) is 6.18 Å². The van der Waals surface area contributed by atoms with E-state index in [1.165, 1.54) is 0 Å². The Morgan fingerprint density at radius 2 is 2.00 bits per heavy atom. The van der Waals surface area contributed by atoms with Gasteiger partial charge in [-0.1, -0.05) is 38.8 Å². The third kappa shape index (κ3) is 2.85. The van der Waals surface area contributed by atoms with Crippen LogP contribution in [0.3, 0.4) is 0 Å². The Balaban J connectivity index is 3.21. The van der Waals surface area contributed by atoms with Crippen molar-refractivity contribution in [2.45, 2.75) is 6.18 Å². The molecule has 1 rings (SSSR count). The Morgan fingerprint density at radius 1 is 1.40 bits per heavy atom. The van der Waals surface area contributed by atoms with Crippen LogP contribution in [0.4, 0.5) is 13.2 Å². The Bertz CT molecular complexity index is 405. The quantitative estimate of drug-likeness (QED) is 0.477. The van der Waals surface area contributed by atoms with Crippen LogP contribution in [0.25, 0.3) is 0 Å². The number of alkyl halides is 3. The van der Waals surface area contributed by atoms with E-state index < -0.39 is 11.7 Å². The van der Waals surface area contributed by atoms with E-state index in [-0.39, 0.29) is 15.2 Å². The average Bonchev–Trinajstić information content (AvgIpc) is 2.14. The summed E-state index contributed by atoms with van der Waals surface area (Å²) in [5.74, 6) is 0. The fourth-order valence-electron chi connectivity index (χ4n) is 0.931. The minimum absolute atomic E-state index is 0.158. The van der Waals surface area contributed by atoms with E-state index in [9.17, 15) is 13.2 Å². The zero-order valence-electron chi connectivity index (χ0n) is 7.02. The lowest BCUT2D eigenvalue weighted by Crippen LogP contribution is -2.06. The van der Waals surface area contributed by atoms with E-state index >= 15 is 0 Å². The number of nitrogens with zero attached hydrogens (tertiary/aromatic N) is 1. The standard InChI is InChI=1S/C8H4BrClF3NO/c9-6-3-4(7(10)14-15)1-2-5(6)8(11,12)13/h1-3,15H/b14-7+. The molecule has 0 fully saturated rings. The van der Waals surface area contributed by atoms with Crippen LogP contribution in [0.5, 0.6) is 0 Å². The monoisotopic (exact) mass is 301 g/mol. The molecule has 0 radical (unpaired) electrons. The van der Waals surface area contributed by atoms with Gasteiger partial charge < -0.3 is 5.21 Å². The fourth-order valence-corrected chi connectivity index (χ4v) is 1.65. The number of halogens is 5. The second-order valence-corrected chi connectivity index (χ2v) is 3.80. The Hall–Kier alpha value is -0.750. The van der Waals surface area contributed by atoms with Crippen molar-refractivity contribution >= 4 is 32.7 Å². The molecule has 0 bridgehead atoms. The molecule has 82 valence electrons. The molecule has 0 amide bonds. The maximum atomic E-state index is 12.3. The van der Waals surface area contributed by atoms with Crippen LogP contribution in [0.2, 0.25) is 0 Å². The third-order valence-electron chi connectivity index (χ3n) is 1.60. The summed E-state index contributed by atoms with van der Waals surface area (Å²) in [5, 5.41) is 10.7. The maximum absolute atomic E-state index is 12.3. The molecule has 1 N–H and O–H groups in total. The molecule has 7 heteroatoms. The molecule has 0 saturated heterocycles. The first-order valence-corrected chi connectivity index (χ1v) is 4.78. The van der Waals surface area contributed by atoms with Gasteiger partial charge in [0.05, 0.1) is 5.56 Å². The summed E-state index contributed by atoms with van der Waals surface area (Å²) < 4.78 is 36.8. The minimum atomic E-state index is -4.43. The molecule has 1 aromatic rings. The molecular weight excluding hydrogens is 298 g/mol. The summed E-state index contributed by atoms with van der Waals surface area (Å²) in [6.45, 7) is 0. The highest BCUT2D eigenvalue weighted by molar-refractivity contribution is 9.10. The Kier molecular flexibility index (Phi) is 3.62. The SMILES string of the molecule is O/N=C(/Cl)c1ccc(C(F)(F)F)c(Br)c1. The van der Waals surface area contributed by atoms with E-state index in [2.05, 4.69) is 21.1 Å². The summed E-state index contributed by atoms with van der Waals surface area (Å²) in [7, 11) is 0. The molecule has 1 aromatic carbocycles. The molecule has 0 aliphatic rings. The van der Waals surface area contributed by atoms with Gasteiger partial charge in [-0.05, 0) is 12.1 Å². The van der Waals surface area contributed by atoms with E-state index in [1.807, 2.05) is 0 Å². The molecular formula is C8H4BrClF3NO. The highest BCUT2D eigenvalue weighted by Gasteiger charge is 2.32. The van der Waals surface area contributed by atoms with E-state index in [0.717, 1.165) is 18.2 Å². The lowest BCUT2D eigenvalue weighted by atomic mass is 10.1. The van der Waals surface area contributed by atoms with Crippen molar-refractivity contribution in [3.63, 3.8) is 0 Å². The van der Waals surface area contributed by atoms with Gasteiger partial charge >= 0.3 is 6.18 Å². The normalized spacial score (nSPS) is 13.0. The zero-order chi connectivity index (χ0) is 11.6. The predicted octanol–water partition coefficient (Wildman–Crippen LogP) is 3.84. The molecule has 0 unspecified atom stereocenters. The summed E-state index contributed by atoms with van der Waals surface area (Å²) >= 11 is 8.19. The molecule has 0 atom stereocenters. The van der Waals surface area contributed by atoms with Crippen molar-refractivity contribution < 1.29 is 18.4 Å². The van der Waals surface area contributed by atoms with E-state index in [0.29, 0.717) is 0 Å². The molecule has 15 heavy (non-hydrogen) atoms. The second-order valence-electron chi connectivity index (χ2n) is 2.58. The maximum Gasteiger partial charge on any atom is 0.417 e. The fraction of sp³-hybridized carbons (Fsp3) is 0.125. The van der Waals surface area contributed by atoms with Crippen molar-refractivity contribution in [3.05, 3.63) is 33.8 Å². The third-order valence-corrected chi connectivity index (χ3v) is 2.55. The Morgan fingerprint density at radius 3 is 2.40 bits per heavy atom. The number of oxime groups is 1. The first kappa shape index (κ1) is 12.3. The predicted molar refractivity (Wildman–Crippen MR) is 53.3 cm³/mol. The summed E-state index contributed by atoms with van der Waals surface area (Å²) in [5.41, 5.74) is -0.618. The zero-order valence-corrected chi connectivity index (χ0v) is 9.36. The molecule has 0 heterocycles. The van der Waals surface area contributed by atoms with Crippen molar-refractivity contribution in [1.29, 1.82) is 0 Å². The van der Waals surface area contributed by atoms with Crippen LogP contribution >= 0.6 is 27.5 Å². The molecule has 0 aromatic heterocycles. The summed E-state index contributed by atoms with van der Waals surface area (Å²) in [6, 6.07) is 3.10. The van der Waals surface area contributed by atoms with Crippen LogP contribution in [0.1, 0.15) is 11.1 Å². The number of benzene rings is 1. The molecule has 2 nitrogen and oxygen atoms in total. The smallest absolute Gasteiger partial charge is 0.410 e. The van der Waals surface area contributed by atoms with Crippen LogP contribution in [0, 0.1) is 0 Å². The van der Waals surface area contributed by atoms with Gasteiger partial charge in [-0.15, -0.1) is 0 Å². The second kappa shape index (κ2) is 4.40. The largest absolute Gasteiger partial charge is 0.417 e. The number of hydrogen-bond donors (Lipinski definition) is 1. The van der Waals surface area contributed by atoms with Crippen molar-refractivity contribution in [1.82, 2.24) is 0 Å². The molecule has 0 saturated carbocycles. The molecule has 0 spiro atoms. The molecule has 0 aliphatic heterocycles. The lowest BCUT2D eigenvalue weighted by molar-refractivity contribution is -0.138. The highest BCUT2D eigenvalue weighted by Crippen LogP contribution is 2.35. The highest BCUT2D eigenvalue weighted by atomic mass is 79.9. The van der Waals surface area contributed by atoms with E-state index in [4.69, 9.17) is 16.8 Å². The van der Waals surface area contributed by atoms with Crippen molar-refractivity contribution in [3.8, 4) is 0 Å². The van der Waals surface area contributed by atoms with Gasteiger partial charge in [0.1, 0.15) is 0 Å². The van der Waals surface area contributed by atoms with Crippen LogP contribution in [-0.4, -0.2) is 10.4 Å². The van der Waals surface area contributed by atoms with Gasteiger partial charge in [-0.2, -0.15) is 13.2 Å². The number of hydrogen-bond acceptors (Lipinski definition) is 2. The van der Waals surface area contributed by atoms with Crippen molar-refractivity contribution in [2.24, 2.45) is 5.16 Å². The van der Waals surface area contributed by atoms with Gasteiger partial charge in [0.2, 0.25) is 0 Å². The van der Waals surface area contributed by atoms with Crippen LogP contribution < -0.4 is 0 Å². The topological polar surface area (TPSA) is 32.6 Å². The van der Waals surface area contributed by atoms with Gasteiger partial charge in [0.25, 0.3) is 0 Å². The van der Waals surface area contributed by atoms with Crippen LogP contribution in [0.15, 0.2) is 27.8 Å². The van der Waals surface area contributed by atoms with Gasteiger partial charge in [0.15, 0.2) is 5.17 Å². The number of rotatable bonds is 1. The van der Waals surface area contributed by atoms with Crippen molar-refractivity contribution in [2.75, 3.05) is 0 Å². The van der Waals surface area contributed by atoms with E-state index in [1.54, 1.807) is 0 Å².